The van der Waals surface area contributed by atoms with E-state index >= 15 is 0 Å². The van der Waals surface area contributed by atoms with Gasteiger partial charge in [-0.25, -0.2) is 4.39 Å². The molecular weight excluding hydrogens is 410 g/mol. The Morgan fingerprint density at radius 2 is 1.23 bits per heavy atom. The van der Waals surface area contributed by atoms with Crippen molar-refractivity contribution in [3.63, 3.8) is 0 Å². The zero-order valence-electron chi connectivity index (χ0n) is 18.8. The first-order valence-corrected chi connectivity index (χ1v) is 13.5. The first-order valence-electron chi connectivity index (χ1n) is 11.8. The Bertz CT molecular complexity index is 457. The maximum absolute atomic E-state index is 13.1. The lowest BCUT2D eigenvalue weighted by Crippen LogP contribution is -2.22. The van der Waals surface area contributed by atoms with Crippen molar-refractivity contribution in [2.75, 3.05) is 6.61 Å². The quantitative estimate of drug-likeness (QED) is 0.111. The highest BCUT2D eigenvalue weighted by Gasteiger charge is 2.31. The average molecular weight is 455 g/mol. The van der Waals surface area contributed by atoms with E-state index in [1.165, 1.54) is 77.0 Å². The van der Waals surface area contributed by atoms with E-state index in [-0.39, 0.29) is 6.42 Å². The van der Waals surface area contributed by atoms with E-state index in [4.69, 9.17) is 14.5 Å². The zero-order chi connectivity index (χ0) is 22.7. The third kappa shape index (κ3) is 19.5. The Labute approximate surface area is 182 Å². The molecule has 8 heteroatoms. The van der Waals surface area contributed by atoms with E-state index in [1.54, 1.807) is 0 Å². The van der Waals surface area contributed by atoms with Gasteiger partial charge in [-0.2, -0.15) is 0 Å². The lowest BCUT2D eigenvalue weighted by atomic mass is 10.0. The van der Waals surface area contributed by atoms with Gasteiger partial charge in [-0.3, -0.25) is 9.36 Å². The van der Waals surface area contributed by atoms with Gasteiger partial charge >= 0.3 is 13.6 Å². The van der Waals surface area contributed by atoms with Crippen molar-refractivity contribution < 1.29 is 33.4 Å². The fourth-order valence-electron chi connectivity index (χ4n) is 3.33. The van der Waals surface area contributed by atoms with Gasteiger partial charge in [0, 0.05) is 12.8 Å². The van der Waals surface area contributed by atoms with Gasteiger partial charge < -0.3 is 19.6 Å². The molecule has 180 valence electrons. The minimum absolute atomic E-state index is 0.239. The summed E-state index contributed by atoms with van der Waals surface area (Å²) in [6.45, 7) is 1.80. The van der Waals surface area contributed by atoms with Crippen LogP contribution in [0, 0.1) is 0 Å². The number of unbranched alkanes of at least 4 members (excludes halogenated alkanes) is 14. The molecule has 0 fully saturated rings. The van der Waals surface area contributed by atoms with E-state index < -0.39 is 38.6 Å². The fraction of sp³-hybridized carbons (Fsp3) is 0.955. The number of halogens is 1. The van der Waals surface area contributed by atoms with Crippen LogP contribution in [-0.4, -0.2) is 39.5 Å². The highest BCUT2D eigenvalue weighted by molar-refractivity contribution is 7.52. The number of carbonyl (C=O) groups excluding carboxylic acids is 1. The number of esters is 1. The van der Waals surface area contributed by atoms with Crippen LogP contribution in [0.4, 0.5) is 4.39 Å². The molecule has 0 aromatic rings. The third-order valence-corrected chi connectivity index (χ3v) is 6.19. The summed E-state index contributed by atoms with van der Waals surface area (Å²) in [6.07, 6.45) is 16.7. The second kappa shape index (κ2) is 19.2. The number of alkyl halides is 1. The molecule has 6 nitrogen and oxygen atoms in total. The second-order valence-electron chi connectivity index (χ2n) is 8.30. The predicted molar refractivity (Wildman–Crippen MR) is 118 cm³/mol. The van der Waals surface area contributed by atoms with E-state index in [9.17, 15) is 18.9 Å². The van der Waals surface area contributed by atoms with Crippen molar-refractivity contribution in [1.82, 2.24) is 0 Å². The van der Waals surface area contributed by atoms with Gasteiger partial charge in [-0.15, -0.1) is 0 Å². The summed E-state index contributed by atoms with van der Waals surface area (Å²) in [5.41, 5.74) is 0. The number of hydrogen-bond acceptors (Lipinski definition) is 4. The molecule has 2 atom stereocenters. The molecule has 0 bridgehead atoms. The zero-order valence-corrected chi connectivity index (χ0v) is 19.7. The lowest BCUT2D eigenvalue weighted by molar-refractivity contribution is -0.147. The standard InChI is InChI=1S/C22H44FO6P/c1-2-3-4-5-6-7-8-9-10-11-12-13-14-15-16-17-22(25)29-19-20(24)18-21(23)30(26,27)28/h20-21,24H,2-19H2,1H3,(H2,26,27,28)/t20-,21?/m0/s1. The number of rotatable bonds is 21. The topological polar surface area (TPSA) is 104 Å². The van der Waals surface area contributed by atoms with Crippen LogP contribution in [0.2, 0.25) is 0 Å². The molecule has 0 heterocycles. The molecule has 0 aliphatic carbocycles. The van der Waals surface area contributed by atoms with Gasteiger partial charge in [0.1, 0.15) is 6.61 Å². The van der Waals surface area contributed by atoms with Crippen molar-refractivity contribution in [1.29, 1.82) is 0 Å². The number of hydrogen-bond donors (Lipinski definition) is 3. The van der Waals surface area contributed by atoms with Crippen molar-refractivity contribution in [3.8, 4) is 0 Å². The van der Waals surface area contributed by atoms with E-state index in [1.807, 2.05) is 0 Å². The van der Waals surface area contributed by atoms with Gasteiger partial charge in [0.2, 0.25) is 5.91 Å². The molecule has 0 aliphatic heterocycles. The van der Waals surface area contributed by atoms with Gasteiger partial charge in [-0.1, -0.05) is 96.8 Å². The van der Waals surface area contributed by atoms with Crippen LogP contribution in [0.3, 0.4) is 0 Å². The Balaban J connectivity index is 3.38. The molecule has 0 aromatic carbocycles. The molecule has 3 N–H and O–H groups in total. The highest BCUT2D eigenvalue weighted by Crippen LogP contribution is 2.44. The summed E-state index contributed by atoms with van der Waals surface area (Å²) in [5, 5.41) is 9.48. The summed E-state index contributed by atoms with van der Waals surface area (Å²) in [7, 11) is -4.87. The molecule has 1 unspecified atom stereocenters. The lowest BCUT2D eigenvalue weighted by Gasteiger charge is -2.15. The molecule has 0 spiro atoms. The average Bonchev–Trinajstić information content (AvgIpc) is 2.68. The van der Waals surface area contributed by atoms with Crippen molar-refractivity contribution >= 4 is 13.6 Å². The molecule has 0 rings (SSSR count). The smallest absolute Gasteiger partial charge is 0.359 e. The molecule has 30 heavy (non-hydrogen) atoms. The summed E-state index contributed by atoms with van der Waals surface area (Å²) in [5.74, 6) is -2.92. The molecule has 0 saturated carbocycles. The van der Waals surface area contributed by atoms with E-state index in [0.29, 0.717) is 6.42 Å². The summed E-state index contributed by atoms with van der Waals surface area (Å²) in [6, 6.07) is 0. The summed E-state index contributed by atoms with van der Waals surface area (Å²) >= 11 is 0. The SMILES string of the molecule is CCCCCCCCCCCCCCCCCC(=O)OC[C@@H](O)CC(F)P(=O)(O)O. The van der Waals surface area contributed by atoms with Crippen molar-refractivity contribution in [2.45, 2.75) is 128 Å². The van der Waals surface area contributed by atoms with Gasteiger partial charge in [0.05, 0.1) is 6.10 Å². The Morgan fingerprint density at radius 1 is 0.833 bits per heavy atom. The molecule has 0 aliphatic rings. The van der Waals surface area contributed by atoms with Crippen molar-refractivity contribution in [2.24, 2.45) is 0 Å². The maximum Gasteiger partial charge on any atom is 0.359 e. The molecule has 0 radical (unpaired) electrons. The first-order chi connectivity index (χ1) is 14.3. The first kappa shape index (κ1) is 29.5. The van der Waals surface area contributed by atoms with Gasteiger partial charge in [0.25, 0.3) is 0 Å². The van der Waals surface area contributed by atoms with E-state index in [2.05, 4.69) is 6.92 Å². The minimum Gasteiger partial charge on any atom is -0.463 e. The predicted octanol–water partition coefficient (Wildman–Crippen LogP) is 6.02. The van der Waals surface area contributed by atoms with Gasteiger partial charge in [0.15, 0.2) is 0 Å². The molecular formula is C22H44FO6P. The van der Waals surface area contributed by atoms with Crippen LogP contribution in [0.25, 0.3) is 0 Å². The van der Waals surface area contributed by atoms with Crippen LogP contribution in [-0.2, 0) is 14.1 Å². The Hall–Kier alpha value is -0.490. The fourth-order valence-corrected chi connectivity index (χ4v) is 3.85. The van der Waals surface area contributed by atoms with Crippen LogP contribution >= 0.6 is 7.60 Å². The van der Waals surface area contributed by atoms with Gasteiger partial charge in [-0.05, 0) is 6.42 Å². The molecule has 0 amide bonds. The minimum atomic E-state index is -4.87. The number of aliphatic hydroxyl groups is 1. The normalized spacial score (nSPS) is 13.9. The largest absolute Gasteiger partial charge is 0.463 e. The second-order valence-corrected chi connectivity index (χ2v) is 10.0. The number of aliphatic hydroxyl groups excluding tert-OH is 1. The number of ether oxygens (including phenoxy) is 1. The summed E-state index contributed by atoms with van der Waals surface area (Å²) in [4.78, 5) is 28.8. The third-order valence-electron chi connectivity index (χ3n) is 5.25. The monoisotopic (exact) mass is 454 g/mol. The van der Waals surface area contributed by atoms with Crippen LogP contribution < -0.4 is 0 Å². The Kier molecular flexibility index (Phi) is 18.9. The van der Waals surface area contributed by atoms with Crippen LogP contribution in [0.15, 0.2) is 0 Å². The van der Waals surface area contributed by atoms with Crippen molar-refractivity contribution in [3.05, 3.63) is 0 Å². The summed E-state index contributed by atoms with van der Waals surface area (Å²) < 4.78 is 28.6. The highest BCUT2D eigenvalue weighted by atomic mass is 31.2. The molecule has 0 saturated heterocycles. The molecule has 0 aromatic heterocycles. The van der Waals surface area contributed by atoms with Crippen LogP contribution in [0.5, 0.6) is 0 Å². The van der Waals surface area contributed by atoms with Crippen LogP contribution in [0.1, 0.15) is 116 Å². The van der Waals surface area contributed by atoms with E-state index in [0.717, 1.165) is 12.8 Å². The Morgan fingerprint density at radius 3 is 1.63 bits per heavy atom. The maximum atomic E-state index is 13.1. The number of carbonyl (C=O) groups is 1.